The van der Waals surface area contributed by atoms with Crippen LogP contribution in [0.4, 0.5) is 4.39 Å². The Morgan fingerprint density at radius 3 is 2.71 bits per heavy atom. The van der Waals surface area contributed by atoms with E-state index in [1.165, 1.54) is 18.2 Å². The predicted octanol–water partition coefficient (Wildman–Crippen LogP) is 2.24. The number of thiazole rings is 1. The van der Waals surface area contributed by atoms with E-state index >= 15 is 0 Å². The maximum Gasteiger partial charge on any atom is 0.253 e. The molecule has 0 aliphatic carbocycles. The summed E-state index contributed by atoms with van der Waals surface area (Å²) >= 11 is 1.57. The van der Waals surface area contributed by atoms with Crippen molar-refractivity contribution in [3.63, 3.8) is 0 Å². The first kappa shape index (κ1) is 19.4. The number of nitrogens with zero attached hydrogens (tertiary/aromatic N) is 3. The number of aliphatic hydroxyl groups is 1. The van der Waals surface area contributed by atoms with E-state index in [1.54, 1.807) is 22.3 Å². The Morgan fingerprint density at radius 2 is 2.00 bits per heavy atom. The molecular formula is C20H24FN3O3S. The van der Waals surface area contributed by atoms with Crippen LogP contribution in [0.2, 0.25) is 0 Å². The topological polar surface area (TPSA) is 65.9 Å². The van der Waals surface area contributed by atoms with Crippen LogP contribution in [0.25, 0.3) is 0 Å². The van der Waals surface area contributed by atoms with Gasteiger partial charge in [0.25, 0.3) is 5.91 Å². The average molecular weight is 405 g/mol. The molecule has 0 saturated carbocycles. The lowest BCUT2D eigenvalue weighted by Crippen LogP contribution is -2.45. The average Bonchev–Trinajstić information content (AvgIpc) is 3.18. The van der Waals surface area contributed by atoms with Gasteiger partial charge in [0.2, 0.25) is 0 Å². The number of halogens is 1. The molecule has 0 unspecified atom stereocenters. The second-order valence-electron chi connectivity index (χ2n) is 7.35. The van der Waals surface area contributed by atoms with E-state index in [4.69, 9.17) is 4.74 Å². The molecule has 2 aliphatic heterocycles. The molecule has 1 aromatic heterocycles. The highest BCUT2D eigenvalue weighted by molar-refractivity contribution is 7.09. The van der Waals surface area contributed by atoms with E-state index in [9.17, 15) is 14.3 Å². The Bertz CT molecular complexity index is 830. The van der Waals surface area contributed by atoms with Crippen LogP contribution < -0.4 is 0 Å². The van der Waals surface area contributed by atoms with Crippen LogP contribution in [0.15, 0.2) is 29.6 Å². The van der Waals surface area contributed by atoms with Gasteiger partial charge in [0.15, 0.2) is 0 Å². The fourth-order valence-electron chi connectivity index (χ4n) is 3.69. The number of carbonyl (C=O) groups is 1. The third-order valence-electron chi connectivity index (χ3n) is 5.44. The maximum absolute atomic E-state index is 13.4. The molecule has 28 heavy (non-hydrogen) atoms. The summed E-state index contributed by atoms with van der Waals surface area (Å²) in [5.74, 6) is -0.623. The Balaban J connectivity index is 1.37. The number of amides is 1. The van der Waals surface area contributed by atoms with Gasteiger partial charge in [-0.05, 0) is 31.0 Å². The predicted molar refractivity (Wildman–Crippen MR) is 104 cm³/mol. The molecule has 1 amide bonds. The Morgan fingerprint density at radius 1 is 1.25 bits per heavy atom. The molecule has 3 heterocycles. The van der Waals surface area contributed by atoms with Crippen LogP contribution in [0.1, 0.15) is 33.9 Å². The van der Waals surface area contributed by atoms with Gasteiger partial charge in [-0.25, -0.2) is 9.37 Å². The molecule has 1 N–H and O–H groups in total. The van der Waals surface area contributed by atoms with Gasteiger partial charge < -0.3 is 14.7 Å². The highest BCUT2D eigenvalue weighted by Gasteiger charge is 2.37. The van der Waals surface area contributed by atoms with Crippen molar-refractivity contribution in [3.05, 3.63) is 51.7 Å². The molecule has 150 valence electrons. The van der Waals surface area contributed by atoms with Gasteiger partial charge in [-0.1, -0.05) is 6.07 Å². The first-order valence-corrected chi connectivity index (χ1v) is 10.4. The monoisotopic (exact) mass is 405 g/mol. The quantitative estimate of drug-likeness (QED) is 0.845. The highest BCUT2D eigenvalue weighted by Crippen LogP contribution is 2.34. The van der Waals surface area contributed by atoms with Crippen LogP contribution in [0.5, 0.6) is 0 Å². The third-order valence-corrected chi connectivity index (χ3v) is 6.27. The number of aromatic nitrogens is 1. The molecule has 2 aromatic rings. The van der Waals surface area contributed by atoms with Crippen LogP contribution in [-0.2, 0) is 16.9 Å². The lowest BCUT2D eigenvalue weighted by atomic mass is 9.88. The Hall–Kier alpha value is -1.87. The van der Waals surface area contributed by atoms with Crippen LogP contribution in [0.3, 0.4) is 0 Å². The van der Waals surface area contributed by atoms with Gasteiger partial charge in [0.05, 0.1) is 25.5 Å². The van der Waals surface area contributed by atoms with Gasteiger partial charge in [-0.3, -0.25) is 9.69 Å². The molecule has 0 bridgehead atoms. The summed E-state index contributed by atoms with van der Waals surface area (Å²) in [6, 6.07) is 5.72. The molecule has 6 nitrogen and oxygen atoms in total. The number of carbonyl (C=O) groups excluding carboxylic acids is 1. The van der Waals surface area contributed by atoms with E-state index in [2.05, 4.69) is 9.88 Å². The van der Waals surface area contributed by atoms with Gasteiger partial charge >= 0.3 is 0 Å². The van der Waals surface area contributed by atoms with Crippen molar-refractivity contribution in [2.24, 2.45) is 0 Å². The van der Waals surface area contributed by atoms with Crippen LogP contribution in [-0.4, -0.2) is 65.2 Å². The van der Waals surface area contributed by atoms with E-state index < -0.39 is 11.4 Å². The maximum atomic E-state index is 13.4. The minimum Gasteiger partial charge on any atom is -0.383 e. The summed E-state index contributed by atoms with van der Waals surface area (Å²) in [5, 5.41) is 14.0. The zero-order valence-corrected chi connectivity index (χ0v) is 16.5. The molecule has 2 fully saturated rings. The van der Waals surface area contributed by atoms with E-state index in [1.807, 2.05) is 5.38 Å². The summed E-state index contributed by atoms with van der Waals surface area (Å²) in [4.78, 5) is 21.2. The summed E-state index contributed by atoms with van der Waals surface area (Å²) in [6.45, 7) is 4.90. The number of hydrogen-bond donors (Lipinski definition) is 1. The van der Waals surface area contributed by atoms with Crippen molar-refractivity contribution in [1.82, 2.24) is 14.8 Å². The van der Waals surface area contributed by atoms with E-state index in [-0.39, 0.29) is 5.91 Å². The number of rotatable bonds is 4. The van der Waals surface area contributed by atoms with Crippen molar-refractivity contribution in [1.29, 1.82) is 0 Å². The molecule has 4 rings (SSSR count). The van der Waals surface area contributed by atoms with Crippen LogP contribution >= 0.6 is 11.3 Å². The molecule has 0 spiro atoms. The van der Waals surface area contributed by atoms with Gasteiger partial charge in [0, 0.05) is 37.1 Å². The second kappa shape index (κ2) is 8.24. The fourth-order valence-corrected chi connectivity index (χ4v) is 4.62. The summed E-state index contributed by atoms with van der Waals surface area (Å²) < 4.78 is 18.8. The lowest BCUT2D eigenvalue weighted by molar-refractivity contribution is -0.0242. The summed E-state index contributed by atoms with van der Waals surface area (Å²) in [6.07, 6.45) is 0.851. The Labute approximate surface area is 167 Å². The molecule has 8 heteroatoms. The summed E-state index contributed by atoms with van der Waals surface area (Å²) in [7, 11) is 0. The highest BCUT2D eigenvalue weighted by atomic mass is 32.1. The first-order chi connectivity index (χ1) is 13.5. The molecule has 2 aliphatic rings. The molecular weight excluding hydrogens is 381 g/mol. The SMILES string of the molecule is O=C(c1cccc(F)c1)N1CCC(O)(c2csc(CN3CCOCC3)n2)CC1. The smallest absolute Gasteiger partial charge is 0.253 e. The summed E-state index contributed by atoms with van der Waals surface area (Å²) in [5.41, 5.74) is 0.0175. The van der Waals surface area contributed by atoms with Gasteiger partial charge in [-0.15, -0.1) is 11.3 Å². The van der Waals surface area contributed by atoms with Crippen molar-refractivity contribution >= 4 is 17.2 Å². The molecule has 2 saturated heterocycles. The largest absolute Gasteiger partial charge is 0.383 e. The third kappa shape index (κ3) is 4.25. The lowest BCUT2D eigenvalue weighted by Gasteiger charge is -2.37. The van der Waals surface area contributed by atoms with Crippen molar-refractivity contribution in [2.75, 3.05) is 39.4 Å². The molecule has 0 radical (unpaired) electrons. The van der Waals surface area contributed by atoms with Crippen molar-refractivity contribution < 1.29 is 19.0 Å². The van der Waals surface area contributed by atoms with E-state index in [0.717, 1.165) is 37.9 Å². The fraction of sp³-hybridized carbons (Fsp3) is 0.500. The first-order valence-electron chi connectivity index (χ1n) is 9.56. The van der Waals surface area contributed by atoms with E-state index in [0.29, 0.717) is 37.2 Å². The number of ether oxygens (including phenoxy) is 1. The van der Waals surface area contributed by atoms with Gasteiger partial charge in [0.1, 0.15) is 16.4 Å². The normalized spacial score (nSPS) is 20.3. The number of hydrogen-bond acceptors (Lipinski definition) is 6. The number of morpholine rings is 1. The minimum absolute atomic E-state index is 0.201. The van der Waals surface area contributed by atoms with Crippen molar-refractivity contribution in [3.8, 4) is 0 Å². The van der Waals surface area contributed by atoms with Crippen LogP contribution in [0, 0.1) is 5.82 Å². The van der Waals surface area contributed by atoms with Crippen molar-refractivity contribution in [2.45, 2.75) is 25.0 Å². The number of benzene rings is 1. The zero-order valence-electron chi connectivity index (χ0n) is 15.6. The second-order valence-corrected chi connectivity index (χ2v) is 8.29. The molecule has 0 atom stereocenters. The zero-order chi connectivity index (χ0) is 19.6. The minimum atomic E-state index is -1.02. The van der Waals surface area contributed by atoms with Gasteiger partial charge in [-0.2, -0.15) is 0 Å². The Kier molecular flexibility index (Phi) is 5.73. The number of likely N-dealkylation sites (tertiary alicyclic amines) is 1. The molecule has 1 aromatic carbocycles. The number of piperidine rings is 1. The standard InChI is InChI=1S/C20H24FN3O3S/c21-16-3-1-2-15(12-16)19(25)24-6-4-20(26,5-7-24)17-14-28-18(22-17)13-23-8-10-27-11-9-23/h1-3,12,14,26H,4-11,13H2.